The first-order valence-electron chi connectivity index (χ1n) is 11.3. The summed E-state index contributed by atoms with van der Waals surface area (Å²) < 4.78 is 16.4. The van der Waals surface area contributed by atoms with Gasteiger partial charge in [-0.1, -0.05) is 66.1 Å². The molecule has 1 fully saturated rings. The third-order valence-corrected chi connectivity index (χ3v) is 6.49. The number of amides is 1. The molecule has 1 aliphatic carbocycles. The Morgan fingerprint density at radius 3 is 2.64 bits per heavy atom. The van der Waals surface area contributed by atoms with Gasteiger partial charge in [0.15, 0.2) is 0 Å². The summed E-state index contributed by atoms with van der Waals surface area (Å²) in [5, 5.41) is 25.5. The van der Waals surface area contributed by atoms with Crippen molar-refractivity contribution >= 4 is 29.4 Å². The lowest BCUT2D eigenvalue weighted by atomic mass is 10.1. The number of carboxylic acids is 1. The van der Waals surface area contributed by atoms with Crippen LogP contribution in [0.15, 0.2) is 53.1 Å². The second-order valence-electron chi connectivity index (χ2n) is 8.61. The number of hydrogen-bond donors (Lipinski definition) is 2. The monoisotopic (exact) mass is 509 g/mol. The van der Waals surface area contributed by atoms with E-state index in [-0.39, 0.29) is 29.2 Å². The number of nitrogens with zero attached hydrogens (tertiary/aromatic N) is 2. The lowest BCUT2D eigenvalue weighted by molar-refractivity contribution is -0.142. The lowest BCUT2D eigenvalue weighted by Gasteiger charge is -2.15. The Bertz CT molecular complexity index is 1300. The molecule has 1 aliphatic rings. The van der Waals surface area contributed by atoms with E-state index in [2.05, 4.69) is 10.5 Å². The maximum absolute atomic E-state index is 12.6. The zero-order valence-electron chi connectivity index (χ0n) is 19.6. The molecule has 1 aromatic heterocycles. The molecule has 1 saturated carbocycles. The van der Waals surface area contributed by atoms with Gasteiger partial charge in [0.2, 0.25) is 0 Å². The number of aromatic nitrogens is 1. The standard InChI is InChI=1S/C26H24ClN3O6/c1-14(25(31)32)19-11-21(19)34-13-16-7-9-17(10-8-16)23-24(22(12-28)36-30-23)29-26(33)35-15(2)18-5-3-4-6-20(18)27/h3-10,14-15,19,21H,11,13H2,1-2H3,(H,29,33)(H,31,32). The van der Waals surface area contributed by atoms with Crippen LogP contribution in [0.5, 0.6) is 0 Å². The number of ether oxygens (including phenoxy) is 2. The topological polar surface area (TPSA) is 135 Å². The van der Waals surface area contributed by atoms with Crippen LogP contribution in [-0.4, -0.2) is 28.4 Å². The predicted molar refractivity (Wildman–Crippen MR) is 130 cm³/mol. The van der Waals surface area contributed by atoms with Crippen LogP contribution in [-0.2, 0) is 20.9 Å². The van der Waals surface area contributed by atoms with E-state index in [0.717, 1.165) is 12.0 Å². The molecule has 0 saturated heterocycles. The summed E-state index contributed by atoms with van der Waals surface area (Å²) in [6.45, 7) is 3.72. The van der Waals surface area contributed by atoms with Gasteiger partial charge in [0.1, 0.15) is 23.6 Å². The van der Waals surface area contributed by atoms with Crippen LogP contribution in [0.4, 0.5) is 10.5 Å². The number of nitrogens with one attached hydrogen (secondary N) is 1. The van der Waals surface area contributed by atoms with Crippen molar-refractivity contribution in [2.45, 2.75) is 39.1 Å². The van der Waals surface area contributed by atoms with Crippen molar-refractivity contribution in [1.29, 1.82) is 5.26 Å². The van der Waals surface area contributed by atoms with Crippen LogP contribution in [0.2, 0.25) is 5.02 Å². The quantitative estimate of drug-likeness (QED) is 0.369. The average molecular weight is 510 g/mol. The highest BCUT2D eigenvalue weighted by molar-refractivity contribution is 6.31. The van der Waals surface area contributed by atoms with Gasteiger partial charge in [-0.05, 0) is 25.0 Å². The average Bonchev–Trinajstić information content (AvgIpc) is 3.53. The van der Waals surface area contributed by atoms with Gasteiger partial charge in [-0.3, -0.25) is 10.1 Å². The normalized spacial score (nSPS) is 18.1. The van der Waals surface area contributed by atoms with Crippen LogP contribution in [0, 0.1) is 23.2 Å². The Labute approximate surface area is 212 Å². The minimum Gasteiger partial charge on any atom is -0.481 e. The largest absolute Gasteiger partial charge is 0.481 e. The highest BCUT2D eigenvalue weighted by Gasteiger charge is 2.44. The number of nitriles is 1. The number of aliphatic carboxylic acids is 1. The van der Waals surface area contributed by atoms with Crippen LogP contribution >= 0.6 is 11.6 Å². The molecule has 3 aromatic rings. The molecule has 36 heavy (non-hydrogen) atoms. The Morgan fingerprint density at radius 1 is 1.25 bits per heavy atom. The van der Waals surface area contributed by atoms with Crippen molar-refractivity contribution in [3.8, 4) is 17.3 Å². The van der Waals surface area contributed by atoms with Crippen LogP contribution in [0.1, 0.15) is 43.3 Å². The molecule has 1 heterocycles. The molecule has 0 bridgehead atoms. The first kappa shape index (κ1) is 25.2. The molecule has 4 rings (SSSR count). The van der Waals surface area contributed by atoms with E-state index in [9.17, 15) is 14.9 Å². The Hall–Kier alpha value is -3.87. The summed E-state index contributed by atoms with van der Waals surface area (Å²) in [6.07, 6.45) is -0.736. The summed E-state index contributed by atoms with van der Waals surface area (Å²) in [5.74, 6) is -1.36. The van der Waals surface area contributed by atoms with Gasteiger partial charge >= 0.3 is 12.1 Å². The predicted octanol–water partition coefficient (Wildman–Crippen LogP) is 5.80. The number of carbonyl (C=O) groups excluding carboxylic acids is 1. The van der Waals surface area contributed by atoms with Gasteiger partial charge in [-0.2, -0.15) is 5.26 Å². The second-order valence-corrected chi connectivity index (χ2v) is 9.02. The number of rotatable bonds is 9. The second kappa shape index (κ2) is 10.8. The van der Waals surface area contributed by atoms with Crippen molar-refractivity contribution in [3.63, 3.8) is 0 Å². The molecule has 9 nitrogen and oxygen atoms in total. The van der Waals surface area contributed by atoms with Gasteiger partial charge < -0.3 is 19.1 Å². The van der Waals surface area contributed by atoms with Crippen LogP contribution in [0.25, 0.3) is 11.3 Å². The van der Waals surface area contributed by atoms with Crippen molar-refractivity contribution in [2.24, 2.45) is 11.8 Å². The molecule has 4 unspecified atom stereocenters. The minimum atomic E-state index is -0.814. The molecule has 1 amide bonds. The van der Waals surface area contributed by atoms with E-state index < -0.39 is 24.1 Å². The maximum Gasteiger partial charge on any atom is 0.412 e. The Kier molecular flexibility index (Phi) is 7.58. The van der Waals surface area contributed by atoms with E-state index in [1.165, 1.54) is 0 Å². The molecule has 186 valence electrons. The lowest BCUT2D eigenvalue weighted by Crippen LogP contribution is -2.17. The fourth-order valence-electron chi connectivity index (χ4n) is 3.89. The third kappa shape index (κ3) is 5.67. The van der Waals surface area contributed by atoms with Gasteiger partial charge in [-0.25, -0.2) is 4.79 Å². The first-order chi connectivity index (χ1) is 17.3. The van der Waals surface area contributed by atoms with E-state index in [0.29, 0.717) is 22.8 Å². The van der Waals surface area contributed by atoms with Crippen molar-refractivity contribution < 1.29 is 28.7 Å². The smallest absolute Gasteiger partial charge is 0.412 e. The molecule has 4 atom stereocenters. The molecule has 2 N–H and O–H groups in total. The van der Waals surface area contributed by atoms with E-state index in [1.807, 2.05) is 18.2 Å². The zero-order chi connectivity index (χ0) is 25.8. The van der Waals surface area contributed by atoms with Crippen molar-refractivity contribution in [2.75, 3.05) is 5.32 Å². The number of halogens is 1. The number of hydrogen-bond acceptors (Lipinski definition) is 7. The van der Waals surface area contributed by atoms with E-state index in [1.54, 1.807) is 50.2 Å². The zero-order valence-corrected chi connectivity index (χ0v) is 20.4. The summed E-state index contributed by atoms with van der Waals surface area (Å²) in [6, 6.07) is 16.1. The summed E-state index contributed by atoms with van der Waals surface area (Å²) >= 11 is 6.18. The first-order valence-corrected chi connectivity index (χ1v) is 11.7. The molecular formula is C26H24ClN3O6. The number of benzene rings is 2. The number of carboxylic acid groups (broad SMARTS) is 1. The molecule has 10 heteroatoms. The summed E-state index contributed by atoms with van der Waals surface area (Å²) in [5.41, 5.74) is 2.52. The molecule has 0 aliphatic heterocycles. The molecular weight excluding hydrogens is 486 g/mol. The minimum absolute atomic E-state index is 0.0373. The van der Waals surface area contributed by atoms with Gasteiger partial charge in [0.25, 0.3) is 5.76 Å². The van der Waals surface area contributed by atoms with Gasteiger partial charge in [0, 0.05) is 22.1 Å². The van der Waals surface area contributed by atoms with Gasteiger partial charge in [0.05, 0.1) is 18.6 Å². The van der Waals surface area contributed by atoms with Crippen LogP contribution in [0.3, 0.4) is 0 Å². The highest BCUT2D eigenvalue weighted by Crippen LogP contribution is 2.41. The van der Waals surface area contributed by atoms with E-state index in [4.69, 9.17) is 30.7 Å². The third-order valence-electron chi connectivity index (χ3n) is 6.15. The molecule has 2 aromatic carbocycles. The fourth-order valence-corrected chi connectivity index (χ4v) is 4.18. The number of anilines is 1. The molecule has 0 radical (unpaired) electrons. The Morgan fingerprint density at radius 2 is 1.97 bits per heavy atom. The SMILES string of the molecule is CC(OC(=O)Nc1c(-c2ccc(COC3CC3C(C)C(=O)O)cc2)noc1C#N)c1ccccc1Cl. The maximum atomic E-state index is 12.6. The number of carbonyl (C=O) groups is 2. The summed E-state index contributed by atoms with van der Waals surface area (Å²) in [7, 11) is 0. The van der Waals surface area contributed by atoms with Crippen LogP contribution < -0.4 is 5.32 Å². The highest BCUT2D eigenvalue weighted by atomic mass is 35.5. The fraction of sp³-hybridized carbons (Fsp3) is 0.308. The van der Waals surface area contributed by atoms with Crippen molar-refractivity contribution in [3.05, 3.63) is 70.4 Å². The van der Waals surface area contributed by atoms with E-state index >= 15 is 0 Å². The van der Waals surface area contributed by atoms with Gasteiger partial charge in [-0.15, -0.1) is 0 Å². The van der Waals surface area contributed by atoms with Crippen molar-refractivity contribution in [1.82, 2.24) is 5.16 Å². The Balaban J connectivity index is 1.40. The summed E-state index contributed by atoms with van der Waals surface area (Å²) in [4.78, 5) is 23.7. The molecule has 0 spiro atoms.